The van der Waals surface area contributed by atoms with Gasteiger partial charge in [-0.25, -0.2) is 0 Å². The summed E-state index contributed by atoms with van der Waals surface area (Å²) in [5, 5.41) is 14.3. The minimum atomic E-state index is 0.00178. The topological polar surface area (TPSA) is 72.9 Å². The molecule has 0 aromatic carbocycles. The van der Waals surface area contributed by atoms with Crippen molar-refractivity contribution in [3.8, 4) is 0 Å². The van der Waals surface area contributed by atoms with Crippen molar-refractivity contribution in [3.05, 3.63) is 5.82 Å². The number of tetrazole rings is 1. The van der Waals surface area contributed by atoms with Crippen LogP contribution in [0.15, 0.2) is 0 Å². The lowest BCUT2D eigenvalue weighted by Crippen LogP contribution is -2.44. The van der Waals surface area contributed by atoms with E-state index in [0.717, 1.165) is 51.3 Å². The summed E-state index contributed by atoms with van der Waals surface area (Å²) in [7, 11) is 0. The van der Waals surface area contributed by atoms with Gasteiger partial charge in [-0.1, -0.05) is 5.21 Å². The molecule has 1 spiro atoms. The monoisotopic (exact) mass is 224 g/mol. The van der Waals surface area contributed by atoms with Crippen molar-refractivity contribution in [2.24, 2.45) is 0 Å². The fraction of sp³-hybridized carbons (Fsp3) is 0.900. The summed E-state index contributed by atoms with van der Waals surface area (Å²) >= 11 is 0. The summed E-state index contributed by atoms with van der Waals surface area (Å²) in [6.45, 7) is 2.40. The summed E-state index contributed by atoms with van der Waals surface area (Å²) in [5.41, 5.74) is 0.00178. The Morgan fingerprint density at radius 3 is 2.88 bits per heavy atom. The van der Waals surface area contributed by atoms with E-state index in [1.54, 1.807) is 0 Å². The molecule has 3 rings (SSSR count). The molecular weight excluding hydrogens is 208 g/mol. The SMILES string of the molecule is C1CC2(CCO1)CC(c1nn[nH]n1)CCO2. The second-order valence-electron chi connectivity index (χ2n) is 4.60. The molecule has 0 radical (unpaired) electrons. The van der Waals surface area contributed by atoms with Gasteiger partial charge in [0.25, 0.3) is 0 Å². The molecule has 1 N–H and O–H groups in total. The maximum Gasteiger partial charge on any atom is 0.177 e. The first-order chi connectivity index (χ1) is 7.88. The molecule has 1 atom stereocenters. The molecule has 1 unspecified atom stereocenters. The van der Waals surface area contributed by atoms with Crippen LogP contribution in [0.25, 0.3) is 0 Å². The molecule has 0 saturated carbocycles. The van der Waals surface area contributed by atoms with E-state index in [4.69, 9.17) is 9.47 Å². The average molecular weight is 224 g/mol. The zero-order valence-electron chi connectivity index (χ0n) is 9.19. The predicted molar refractivity (Wildman–Crippen MR) is 54.9 cm³/mol. The van der Waals surface area contributed by atoms with Gasteiger partial charge in [0.05, 0.1) is 5.60 Å². The minimum Gasteiger partial charge on any atom is -0.381 e. The van der Waals surface area contributed by atoms with Crippen molar-refractivity contribution in [3.63, 3.8) is 0 Å². The molecule has 1 aromatic heterocycles. The minimum absolute atomic E-state index is 0.00178. The molecule has 0 aliphatic carbocycles. The standard InChI is InChI=1S/C10H16N4O2/c1-4-16-10(2-5-15-6-3-10)7-8(1)9-11-13-14-12-9/h8H,1-7H2,(H,11,12,13,14). The molecule has 2 aliphatic rings. The number of nitrogens with one attached hydrogen (secondary N) is 1. The zero-order chi connectivity index (χ0) is 10.8. The number of ether oxygens (including phenoxy) is 2. The molecule has 2 aliphatic heterocycles. The zero-order valence-corrected chi connectivity index (χ0v) is 9.19. The highest BCUT2D eigenvalue weighted by Crippen LogP contribution is 2.40. The summed E-state index contributed by atoms with van der Waals surface area (Å²) in [6, 6.07) is 0. The Morgan fingerprint density at radius 1 is 1.25 bits per heavy atom. The Hall–Kier alpha value is -1.01. The van der Waals surface area contributed by atoms with Crippen molar-refractivity contribution < 1.29 is 9.47 Å². The Labute approximate surface area is 93.7 Å². The number of aromatic nitrogens is 4. The highest BCUT2D eigenvalue weighted by atomic mass is 16.5. The lowest BCUT2D eigenvalue weighted by molar-refractivity contribution is -0.139. The quantitative estimate of drug-likeness (QED) is 0.758. The summed E-state index contributed by atoms with van der Waals surface area (Å²) in [4.78, 5) is 0. The Bertz CT molecular complexity index is 329. The van der Waals surface area contributed by atoms with Gasteiger partial charge in [-0.15, -0.1) is 10.2 Å². The van der Waals surface area contributed by atoms with E-state index < -0.39 is 0 Å². The van der Waals surface area contributed by atoms with E-state index >= 15 is 0 Å². The van der Waals surface area contributed by atoms with E-state index in [2.05, 4.69) is 20.6 Å². The van der Waals surface area contributed by atoms with Crippen LogP contribution in [0, 0.1) is 0 Å². The van der Waals surface area contributed by atoms with Crippen molar-refractivity contribution >= 4 is 0 Å². The van der Waals surface area contributed by atoms with Crippen LogP contribution in [0.2, 0.25) is 0 Å². The third-order valence-electron chi connectivity index (χ3n) is 3.62. The molecule has 16 heavy (non-hydrogen) atoms. The lowest BCUT2D eigenvalue weighted by Gasteiger charge is -2.42. The van der Waals surface area contributed by atoms with Crippen LogP contribution >= 0.6 is 0 Å². The first kappa shape index (κ1) is 10.2. The summed E-state index contributed by atoms with van der Waals surface area (Å²) < 4.78 is 11.4. The largest absolute Gasteiger partial charge is 0.381 e. The van der Waals surface area contributed by atoms with Crippen molar-refractivity contribution in [1.29, 1.82) is 0 Å². The van der Waals surface area contributed by atoms with Crippen LogP contribution in [0.5, 0.6) is 0 Å². The maximum atomic E-state index is 5.97. The van der Waals surface area contributed by atoms with E-state index in [-0.39, 0.29) is 5.60 Å². The predicted octanol–water partition coefficient (Wildman–Crippen LogP) is 0.643. The fourth-order valence-electron chi connectivity index (χ4n) is 2.68. The first-order valence-electron chi connectivity index (χ1n) is 5.83. The van der Waals surface area contributed by atoms with Gasteiger partial charge in [-0.2, -0.15) is 5.21 Å². The Kier molecular flexibility index (Phi) is 2.61. The number of rotatable bonds is 1. The van der Waals surface area contributed by atoms with Crippen molar-refractivity contribution in [2.45, 2.75) is 37.2 Å². The van der Waals surface area contributed by atoms with Gasteiger partial charge in [0, 0.05) is 25.7 Å². The van der Waals surface area contributed by atoms with Crippen LogP contribution < -0.4 is 0 Å². The molecule has 88 valence electrons. The maximum absolute atomic E-state index is 5.97. The van der Waals surface area contributed by atoms with E-state index in [1.165, 1.54) is 0 Å². The smallest absolute Gasteiger partial charge is 0.177 e. The van der Waals surface area contributed by atoms with Gasteiger partial charge in [0.15, 0.2) is 5.82 Å². The number of nitrogens with zero attached hydrogens (tertiary/aromatic N) is 3. The number of H-pyrrole nitrogens is 1. The number of hydrogen-bond acceptors (Lipinski definition) is 5. The first-order valence-corrected chi connectivity index (χ1v) is 5.83. The third kappa shape index (κ3) is 1.82. The van der Waals surface area contributed by atoms with Crippen LogP contribution in [0.4, 0.5) is 0 Å². The highest BCUT2D eigenvalue weighted by molar-refractivity contribution is 5.00. The Balaban J connectivity index is 1.74. The van der Waals surface area contributed by atoms with Crippen LogP contribution in [-0.4, -0.2) is 46.0 Å². The van der Waals surface area contributed by atoms with Crippen LogP contribution in [0.3, 0.4) is 0 Å². The van der Waals surface area contributed by atoms with Gasteiger partial charge < -0.3 is 9.47 Å². The van der Waals surface area contributed by atoms with Gasteiger partial charge in [0.1, 0.15) is 0 Å². The summed E-state index contributed by atoms with van der Waals surface area (Å²) in [5.74, 6) is 1.21. The second kappa shape index (κ2) is 4.10. The van der Waals surface area contributed by atoms with Crippen molar-refractivity contribution in [1.82, 2.24) is 20.6 Å². The fourth-order valence-corrected chi connectivity index (χ4v) is 2.68. The average Bonchev–Trinajstić information content (AvgIpc) is 2.83. The Morgan fingerprint density at radius 2 is 2.12 bits per heavy atom. The highest BCUT2D eigenvalue weighted by Gasteiger charge is 2.40. The molecule has 3 heterocycles. The van der Waals surface area contributed by atoms with Gasteiger partial charge in [-0.3, -0.25) is 0 Å². The van der Waals surface area contributed by atoms with Gasteiger partial charge in [0.2, 0.25) is 0 Å². The van der Waals surface area contributed by atoms with Gasteiger partial charge in [-0.05, 0) is 25.7 Å². The summed E-state index contributed by atoms with van der Waals surface area (Å²) in [6.07, 6.45) is 3.96. The van der Waals surface area contributed by atoms with Crippen LogP contribution in [-0.2, 0) is 9.47 Å². The molecule has 2 saturated heterocycles. The van der Waals surface area contributed by atoms with E-state index in [1.807, 2.05) is 0 Å². The number of hydrogen-bond donors (Lipinski definition) is 1. The molecule has 1 aromatic rings. The molecule has 0 bridgehead atoms. The number of aromatic amines is 1. The van der Waals surface area contributed by atoms with Crippen molar-refractivity contribution in [2.75, 3.05) is 19.8 Å². The molecule has 0 amide bonds. The van der Waals surface area contributed by atoms with Gasteiger partial charge >= 0.3 is 0 Å². The van der Waals surface area contributed by atoms with E-state index in [0.29, 0.717) is 5.92 Å². The molecule has 2 fully saturated rings. The molecule has 6 heteroatoms. The van der Waals surface area contributed by atoms with Crippen LogP contribution in [0.1, 0.15) is 37.4 Å². The second-order valence-corrected chi connectivity index (χ2v) is 4.60. The third-order valence-corrected chi connectivity index (χ3v) is 3.62. The molecule has 6 nitrogen and oxygen atoms in total. The van der Waals surface area contributed by atoms with E-state index in [9.17, 15) is 0 Å². The normalized spacial score (nSPS) is 29.4. The molecular formula is C10H16N4O2. The lowest BCUT2D eigenvalue weighted by atomic mass is 9.80.